The van der Waals surface area contributed by atoms with Crippen LogP contribution in [-0.4, -0.2) is 24.5 Å². The monoisotopic (exact) mass is 323 g/mol. The van der Waals surface area contributed by atoms with Crippen LogP contribution in [0.4, 0.5) is 16.2 Å². The van der Waals surface area contributed by atoms with Crippen molar-refractivity contribution in [2.75, 3.05) is 16.8 Å². The molecule has 0 spiro atoms. The molecule has 0 bridgehead atoms. The number of imide groups is 1. The quantitative estimate of drug-likeness (QED) is 0.912. The highest BCUT2D eigenvalue weighted by atomic mass is 16.2. The molecular weight excluding hydrogens is 302 g/mol. The van der Waals surface area contributed by atoms with Gasteiger partial charge in [-0.1, -0.05) is 36.4 Å². The number of anilines is 2. The fraction of sp³-hybridized carbons (Fsp3) is 0.263. The molecule has 0 saturated carbocycles. The Kier molecular flexibility index (Phi) is 4.79. The summed E-state index contributed by atoms with van der Waals surface area (Å²) >= 11 is 0. The van der Waals surface area contributed by atoms with Crippen LogP contribution in [0.2, 0.25) is 0 Å². The molecular formula is C19H21N3O2. The number of urea groups is 1. The van der Waals surface area contributed by atoms with E-state index in [-0.39, 0.29) is 18.5 Å². The summed E-state index contributed by atoms with van der Waals surface area (Å²) in [4.78, 5) is 26.2. The minimum atomic E-state index is -0.510. The number of rotatable bonds is 3. The molecule has 2 N–H and O–H groups in total. The molecule has 1 unspecified atom stereocenters. The average Bonchev–Trinajstić information content (AvgIpc) is 2.58. The van der Waals surface area contributed by atoms with Crippen molar-refractivity contribution in [3.63, 3.8) is 0 Å². The van der Waals surface area contributed by atoms with E-state index in [1.165, 1.54) is 5.56 Å². The highest BCUT2D eigenvalue weighted by Crippen LogP contribution is 2.29. The lowest BCUT2D eigenvalue weighted by atomic mass is 9.97. The van der Waals surface area contributed by atoms with Gasteiger partial charge < -0.3 is 10.2 Å². The molecule has 1 aliphatic heterocycles. The summed E-state index contributed by atoms with van der Waals surface area (Å²) in [5.41, 5.74) is 2.98. The number of fused-ring (bicyclic) bond motifs is 1. The van der Waals surface area contributed by atoms with E-state index in [9.17, 15) is 9.59 Å². The highest BCUT2D eigenvalue weighted by Gasteiger charge is 2.24. The SMILES string of the molecule is CC1CCc2ccccc2N1CC(=O)NC(=O)Nc1ccccc1. The van der Waals surface area contributed by atoms with Gasteiger partial charge in [-0.15, -0.1) is 0 Å². The minimum absolute atomic E-state index is 0.167. The first kappa shape index (κ1) is 16.1. The molecule has 0 aromatic heterocycles. The van der Waals surface area contributed by atoms with Crippen molar-refractivity contribution in [3.8, 4) is 0 Å². The van der Waals surface area contributed by atoms with Crippen LogP contribution in [0.15, 0.2) is 54.6 Å². The van der Waals surface area contributed by atoms with Crippen molar-refractivity contribution >= 4 is 23.3 Å². The summed E-state index contributed by atoms with van der Waals surface area (Å²) in [6.45, 7) is 2.27. The van der Waals surface area contributed by atoms with E-state index in [0.717, 1.165) is 18.5 Å². The predicted molar refractivity (Wildman–Crippen MR) is 95.2 cm³/mol. The Morgan fingerprint density at radius 1 is 1.08 bits per heavy atom. The van der Waals surface area contributed by atoms with E-state index in [1.807, 2.05) is 36.4 Å². The lowest BCUT2D eigenvalue weighted by molar-refractivity contribution is -0.118. The van der Waals surface area contributed by atoms with Crippen LogP contribution < -0.4 is 15.5 Å². The van der Waals surface area contributed by atoms with E-state index in [0.29, 0.717) is 5.69 Å². The van der Waals surface area contributed by atoms with Crippen molar-refractivity contribution in [1.82, 2.24) is 5.32 Å². The normalized spacial score (nSPS) is 16.2. The molecule has 1 heterocycles. The maximum absolute atomic E-state index is 12.3. The van der Waals surface area contributed by atoms with Crippen LogP contribution in [0.5, 0.6) is 0 Å². The number of carbonyl (C=O) groups is 2. The fourth-order valence-corrected chi connectivity index (χ4v) is 3.01. The zero-order valence-electron chi connectivity index (χ0n) is 13.7. The molecule has 0 saturated heterocycles. The molecule has 1 atom stereocenters. The number of benzene rings is 2. The van der Waals surface area contributed by atoms with Gasteiger partial charge in [0, 0.05) is 17.4 Å². The van der Waals surface area contributed by atoms with E-state index < -0.39 is 6.03 Å². The molecule has 3 rings (SSSR count). The Morgan fingerprint density at radius 2 is 1.79 bits per heavy atom. The topological polar surface area (TPSA) is 61.4 Å². The summed E-state index contributed by atoms with van der Waals surface area (Å²) in [5.74, 6) is -0.313. The van der Waals surface area contributed by atoms with Gasteiger partial charge in [0.1, 0.15) is 0 Å². The molecule has 0 radical (unpaired) electrons. The molecule has 24 heavy (non-hydrogen) atoms. The van der Waals surface area contributed by atoms with Crippen molar-refractivity contribution in [3.05, 3.63) is 60.2 Å². The third kappa shape index (κ3) is 3.74. The zero-order valence-corrected chi connectivity index (χ0v) is 13.7. The number of carbonyl (C=O) groups excluding carboxylic acids is 2. The first-order valence-electron chi connectivity index (χ1n) is 8.14. The van der Waals surface area contributed by atoms with Crippen LogP contribution in [0.3, 0.4) is 0 Å². The van der Waals surface area contributed by atoms with E-state index >= 15 is 0 Å². The van der Waals surface area contributed by atoms with Crippen molar-refractivity contribution in [1.29, 1.82) is 0 Å². The Hall–Kier alpha value is -2.82. The number of hydrogen-bond acceptors (Lipinski definition) is 3. The highest BCUT2D eigenvalue weighted by molar-refractivity contribution is 6.02. The Morgan fingerprint density at radius 3 is 2.58 bits per heavy atom. The van der Waals surface area contributed by atoms with Crippen LogP contribution in [0.25, 0.3) is 0 Å². The van der Waals surface area contributed by atoms with Crippen LogP contribution in [0.1, 0.15) is 18.9 Å². The predicted octanol–water partition coefficient (Wildman–Crippen LogP) is 3.18. The first-order valence-corrected chi connectivity index (χ1v) is 8.14. The Bertz CT molecular complexity index is 730. The Balaban J connectivity index is 1.61. The second-order valence-corrected chi connectivity index (χ2v) is 6.01. The van der Waals surface area contributed by atoms with Crippen LogP contribution >= 0.6 is 0 Å². The third-order valence-corrected chi connectivity index (χ3v) is 4.26. The van der Waals surface area contributed by atoms with Crippen molar-refractivity contribution < 1.29 is 9.59 Å². The lowest BCUT2D eigenvalue weighted by Gasteiger charge is -2.36. The second kappa shape index (κ2) is 7.17. The van der Waals surface area contributed by atoms with Crippen molar-refractivity contribution in [2.24, 2.45) is 0 Å². The molecule has 1 aliphatic rings. The van der Waals surface area contributed by atoms with E-state index in [2.05, 4.69) is 28.5 Å². The maximum atomic E-state index is 12.3. The standard InChI is InChI=1S/C19H21N3O2/c1-14-11-12-15-7-5-6-10-17(15)22(14)13-18(23)21-19(24)20-16-8-3-2-4-9-16/h2-10,14H,11-13H2,1H3,(H2,20,21,23,24). The molecule has 0 fully saturated rings. The summed E-state index contributed by atoms with van der Waals surface area (Å²) in [5, 5.41) is 5.05. The van der Waals surface area contributed by atoms with Gasteiger partial charge in [-0.3, -0.25) is 10.1 Å². The van der Waals surface area contributed by atoms with Gasteiger partial charge in [-0.2, -0.15) is 0 Å². The zero-order chi connectivity index (χ0) is 16.9. The van der Waals surface area contributed by atoms with Gasteiger partial charge in [0.25, 0.3) is 0 Å². The molecule has 2 aromatic carbocycles. The molecule has 2 aromatic rings. The van der Waals surface area contributed by atoms with E-state index in [4.69, 9.17) is 0 Å². The summed E-state index contributed by atoms with van der Waals surface area (Å²) in [7, 11) is 0. The van der Waals surface area contributed by atoms with Gasteiger partial charge in [0.15, 0.2) is 0 Å². The number of nitrogens with one attached hydrogen (secondary N) is 2. The molecule has 5 heteroatoms. The summed E-state index contributed by atoms with van der Waals surface area (Å²) in [6.07, 6.45) is 2.02. The number of amides is 3. The largest absolute Gasteiger partial charge is 0.359 e. The first-order chi connectivity index (χ1) is 11.6. The van der Waals surface area contributed by atoms with Gasteiger partial charge >= 0.3 is 6.03 Å². The van der Waals surface area contributed by atoms with Gasteiger partial charge in [0.05, 0.1) is 6.54 Å². The second-order valence-electron chi connectivity index (χ2n) is 6.01. The smallest absolute Gasteiger partial charge is 0.325 e. The van der Waals surface area contributed by atoms with E-state index in [1.54, 1.807) is 12.1 Å². The molecule has 3 amide bonds. The summed E-state index contributed by atoms with van der Waals surface area (Å²) in [6, 6.07) is 16.9. The molecule has 0 aliphatic carbocycles. The van der Waals surface area contributed by atoms with Gasteiger partial charge in [0.2, 0.25) is 5.91 Å². The maximum Gasteiger partial charge on any atom is 0.325 e. The fourth-order valence-electron chi connectivity index (χ4n) is 3.01. The number of para-hydroxylation sites is 2. The summed E-state index contributed by atoms with van der Waals surface area (Å²) < 4.78 is 0. The number of nitrogens with zero attached hydrogens (tertiary/aromatic N) is 1. The van der Waals surface area contributed by atoms with Crippen LogP contribution in [0, 0.1) is 0 Å². The van der Waals surface area contributed by atoms with Crippen molar-refractivity contribution in [2.45, 2.75) is 25.8 Å². The third-order valence-electron chi connectivity index (χ3n) is 4.26. The molecule has 5 nitrogen and oxygen atoms in total. The average molecular weight is 323 g/mol. The number of aryl methyl sites for hydroxylation is 1. The van der Waals surface area contributed by atoms with Gasteiger partial charge in [-0.05, 0) is 43.5 Å². The van der Waals surface area contributed by atoms with Gasteiger partial charge in [-0.25, -0.2) is 4.79 Å². The number of hydrogen-bond donors (Lipinski definition) is 2. The minimum Gasteiger partial charge on any atom is -0.359 e. The van der Waals surface area contributed by atoms with Crippen LogP contribution in [-0.2, 0) is 11.2 Å². The molecule has 124 valence electrons. The Labute approximate surface area is 141 Å². The lowest BCUT2D eigenvalue weighted by Crippen LogP contribution is -2.46.